The first-order valence-electron chi connectivity index (χ1n) is 7.33. The number of carbonyl (C=O) groups is 1. The fourth-order valence-electron chi connectivity index (χ4n) is 2.83. The molecule has 0 radical (unpaired) electrons. The molecule has 3 rings (SSSR count). The fourth-order valence-corrected chi connectivity index (χ4v) is 2.83. The molecule has 3 nitrogen and oxygen atoms in total. The fraction of sp³-hybridized carbons (Fsp3) is 0.353. The summed E-state index contributed by atoms with van der Waals surface area (Å²) in [6.07, 6.45) is 9.27. The lowest BCUT2D eigenvalue weighted by atomic mass is 10.1. The van der Waals surface area contributed by atoms with Crippen LogP contribution in [-0.4, -0.2) is 16.5 Å². The molecule has 20 heavy (non-hydrogen) atoms. The van der Waals surface area contributed by atoms with Crippen molar-refractivity contribution in [2.24, 2.45) is 0 Å². The van der Waals surface area contributed by atoms with E-state index >= 15 is 0 Å². The number of hydrogen-bond donors (Lipinski definition) is 1. The van der Waals surface area contributed by atoms with Crippen LogP contribution in [0.4, 0.5) is 0 Å². The van der Waals surface area contributed by atoms with E-state index in [4.69, 9.17) is 0 Å². The van der Waals surface area contributed by atoms with Crippen molar-refractivity contribution in [3.63, 3.8) is 0 Å². The standard InChI is InChI=1S/C17H20N2O/c20-17(18-15-5-1-2-6-15)13-14-7-9-16(10-8-14)19-11-3-4-12-19/h3-4,7-12,15H,1-2,5-6,13H2,(H,18,20). The predicted molar refractivity (Wildman–Crippen MR) is 79.9 cm³/mol. The molecule has 0 bridgehead atoms. The third kappa shape index (κ3) is 3.10. The van der Waals surface area contributed by atoms with Crippen molar-refractivity contribution < 1.29 is 4.79 Å². The average Bonchev–Trinajstić information content (AvgIpc) is 3.12. The summed E-state index contributed by atoms with van der Waals surface area (Å²) in [5.41, 5.74) is 2.19. The van der Waals surface area contributed by atoms with E-state index in [0.29, 0.717) is 12.5 Å². The summed E-state index contributed by atoms with van der Waals surface area (Å²) in [7, 11) is 0. The van der Waals surface area contributed by atoms with Gasteiger partial charge in [0.25, 0.3) is 0 Å². The molecule has 0 spiro atoms. The van der Waals surface area contributed by atoms with E-state index in [2.05, 4.69) is 22.0 Å². The molecule has 1 N–H and O–H groups in total. The zero-order valence-electron chi connectivity index (χ0n) is 11.6. The van der Waals surface area contributed by atoms with Gasteiger partial charge in [-0.05, 0) is 42.7 Å². The van der Waals surface area contributed by atoms with Crippen molar-refractivity contribution >= 4 is 5.91 Å². The van der Waals surface area contributed by atoms with E-state index in [1.54, 1.807) is 0 Å². The number of nitrogens with zero attached hydrogens (tertiary/aromatic N) is 1. The summed E-state index contributed by atoms with van der Waals surface area (Å²) in [5.74, 6) is 0.144. The van der Waals surface area contributed by atoms with Crippen LogP contribution in [0, 0.1) is 0 Å². The van der Waals surface area contributed by atoms with Crippen LogP contribution in [0.3, 0.4) is 0 Å². The molecule has 1 saturated carbocycles. The van der Waals surface area contributed by atoms with Gasteiger partial charge in [0, 0.05) is 24.1 Å². The number of amides is 1. The van der Waals surface area contributed by atoms with Gasteiger partial charge in [-0.25, -0.2) is 0 Å². The van der Waals surface area contributed by atoms with Gasteiger partial charge in [-0.1, -0.05) is 25.0 Å². The number of hydrogen-bond acceptors (Lipinski definition) is 1. The van der Waals surface area contributed by atoms with Crippen LogP contribution < -0.4 is 5.32 Å². The minimum absolute atomic E-state index is 0.144. The SMILES string of the molecule is O=C(Cc1ccc(-n2cccc2)cc1)NC1CCCC1. The molecule has 1 heterocycles. The second kappa shape index (κ2) is 5.95. The van der Waals surface area contributed by atoms with Gasteiger partial charge in [0.2, 0.25) is 5.91 Å². The maximum atomic E-state index is 12.0. The first-order chi connectivity index (χ1) is 9.81. The number of rotatable bonds is 4. The summed E-state index contributed by atoms with van der Waals surface area (Å²) in [4.78, 5) is 12.0. The smallest absolute Gasteiger partial charge is 0.224 e. The Labute approximate surface area is 119 Å². The summed E-state index contributed by atoms with van der Waals surface area (Å²) in [6.45, 7) is 0. The van der Waals surface area contributed by atoms with Gasteiger partial charge in [-0.2, -0.15) is 0 Å². The monoisotopic (exact) mass is 268 g/mol. The van der Waals surface area contributed by atoms with Gasteiger partial charge in [0.15, 0.2) is 0 Å². The Morgan fingerprint density at radius 2 is 1.75 bits per heavy atom. The van der Waals surface area contributed by atoms with Crippen LogP contribution in [0.5, 0.6) is 0 Å². The molecule has 1 aromatic heterocycles. The third-order valence-electron chi connectivity index (χ3n) is 3.92. The van der Waals surface area contributed by atoms with Crippen molar-refractivity contribution in [3.8, 4) is 5.69 Å². The molecular weight excluding hydrogens is 248 g/mol. The summed E-state index contributed by atoms with van der Waals surface area (Å²) in [5, 5.41) is 3.13. The lowest BCUT2D eigenvalue weighted by Gasteiger charge is -2.12. The van der Waals surface area contributed by atoms with Crippen LogP contribution in [0.2, 0.25) is 0 Å². The quantitative estimate of drug-likeness (QED) is 0.908. The highest BCUT2D eigenvalue weighted by atomic mass is 16.1. The van der Waals surface area contributed by atoms with Crippen LogP contribution in [0.15, 0.2) is 48.8 Å². The van der Waals surface area contributed by atoms with Crippen molar-refractivity contribution in [3.05, 3.63) is 54.4 Å². The second-order valence-corrected chi connectivity index (χ2v) is 5.48. The summed E-state index contributed by atoms with van der Waals surface area (Å²) < 4.78 is 2.06. The maximum absolute atomic E-state index is 12.0. The van der Waals surface area contributed by atoms with E-state index in [0.717, 1.165) is 24.1 Å². The summed E-state index contributed by atoms with van der Waals surface area (Å²) >= 11 is 0. The Bertz CT molecular complexity index is 551. The summed E-state index contributed by atoms with van der Waals surface area (Å²) in [6, 6.07) is 12.6. The molecule has 0 saturated heterocycles. The van der Waals surface area contributed by atoms with Crippen LogP contribution in [-0.2, 0) is 11.2 Å². The van der Waals surface area contributed by atoms with Gasteiger partial charge in [0.1, 0.15) is 0 Å². The van der Waals surface area contributed by atoms with Crippen molar-refractivity contribution in [1.82, 2.24) is 9.88 Å². The number of aromatic nitrogens is 1. The second-order valence-electron chi connectivity index (χ2n) is 5.48. The Balaban J connectivity index is 1.59. The topological polar surface area (TPSA) is 34.0 Å². The third-order valence-corrected chi connectivity index (χ3v) is 3.92. The maximum Gasteiger partial charge on any atom is 0.224 e. The van der Waals surface area contributed by atoms with Crippen LogP contribution in [0.25, 0.3) is 5.69 Å². The zero-order chi connectivity index (χ0) is 13.8. The van der Waals surface area contributed by atoms with Gasteiger partial charge >= 0.3 is 0 Å². The molecule has 1 aromatic carbocycles. The highest BCUT2D eigenvalue weighted by Gasteiger charge is 2.16. The highest BCUT2D eigenvalue weighted by Crippen LogP contribution is 2.18. The Hall–Kier alpha value is -2.03. The largest absolute Gasteiger partial charge is 0.353 e. The molecule has 1 aliphatic carbocycles. The highest BCUT2D eigenvalue weighted by molar-refractivity contribution is 5.78. The van der Waals surface area contributed by atoms with E-state index in [-0.39, 0.29) is 5.91 Å². The molecule has 1 aliphatic rings. The minimum Gasteiger partial charge on any atom is -0.353 e. The molecular formula is C17H20N2O. The molecule has 1 fully saturated rings. The zero-order valence-corrected chi connectivity index (χ0v) is 11.6. The van der Waals surface area contributed by atoms with Crippen LogP contribution >= 0.6 is 0 Å². The van der Waals surface area contributed by atoms with Gasteiger partial charge in [0.05, 0.1) is 6.42 Å². The Morgan fingerprint density at radius 1 is 1.10 bits per heavy atom. The molecule has 104 valence electrons. The molecule has 0 unspecified atom stereocenters. The number of benzene rings is 1. The van der Waals surface area contributed by atoms with E-state index < -0.39 is 0 Å². The predicted octanol–water partition coefficient (Wildman–Crippen LogP) is 3.08. The average molecular weight is 268 g/mol. The first-order valence-corrected chi connectivity index (χ1v) is 7.33. The first kappa shape index (κ1) is 13.0. The van der Waals surface area contributed by atoms with E-state index in [1.165, 1.54) is 12.8 Å². The number of nitrogens with one attached hydrogen (secondary N) is 1. The minimum atomic E-state index is 0.144. The molecule has 2 aromatic rings. The Morgan fingerprint density at radius 3 is 2.40 bits per heavy atom. The van der Waals surface area contributed by atoms with Crippen molar-refractivity contribution in [2.75, 3.05) is 0 Å². The van der Waals surface area contributed by atoms with Gasteiger partial charge < -0.3 is 9.88 Å². The molecule has 0 atom stereocenters. The van der Waals surface area contributed by atoms with Crippen molar-refractivity contribution in [1.29, 1.82) is 0 Å². The number of carbonyl (C=O) groups excluding carboxylic acids is 1. The lowest BCUT2D eigenvalue weighted by Crippen LogP contribution is -2.33. The molecule has 1 amide bonds. The molecule has 0 aliphatic heterocycles. The van der Waals surface area contributed by atoms with Gasteiger partial charge in [-0.15, -0.1) is 0 Å². The van der Waals surface area contributed by atoms with Gasteiger partial charge in [-0.3, -0.25) is 4.79 Å². The van der Waals surface area contributed by atoms with Crippen LogP contribution in [0.1, 0.15) is 31.2 Å². The van der Waals surface area contributed by atoms with E-state index in [9.17, 15) is 4.79 Å². The lowest BCUT2D eigenvalue weighted by molar-refractivity contribution is -0.121. The Kier molecular flexibility index (Phi) is 3.86. The molecule has 3 heteroatoms. The normalized spacial score (nSPS) is 15.4. The van der Waals surface area contributed by atoms with Crippen molar-refractivity contribution in [2.45, 2.75) is 38.1 Å². The van der Waals surface area contributed by atoms with E-state index in [1.807, 2.05) is 36.7 Å².